The summed E-state index contributed by atoms with van der Waals surface area (Å²) < 4.78 is 6.55. The van der Waals surface area contributed by atoms with Gasteiger partial charge in [-0.3, -0.25) is 9.36 Å². The van der Waals surface area contributed by atoms with Crippen LogP contribution in [0.15, 0.2) is 51.6 Å². The van der Waals surface area contributed by atoms with Crippen molar-refractivity contribution in [2.75, 3.05) is 0 Å². The molecule has 0 aliphatic carbocycles. The summed E-state index contributed by atoms with van der Waals surface area (Å²) in [4.78, 5) is 21.4. The summed E-state index contributed by atoms with van der Waals surface area (Å²) in [5.74, 6) is 0. The van der Waals surface area contributed by atoms with E-state index in [2.05, 4.69) is 9.97 Å². The minimum absolute atomic E-state index is 0.206. The fourth-order valence-corrected chi connectivity index (χ4v) is 3.72. The topological polar surface area (TPSA) is 60.9 Å². The predicted molar refractivity (Wildman–Crippen MR) is 94.9 cm³/mol. The molecule has 0 atom stereocenters. The van der Waals surface area contributed by atoms with Crippen LogP contribution in [0, 0.1) is 0 Å². The van der Waals surface area contributed by atoms with Crippen LogP contribution < -0.4 is 5.56 Å². The first kappa shape index (κ1) is 15.4. The summed E-state index contributed by atoms with van der Waals surface area (Å²) in [6, 6.07) is 4.99. The Morgan fingerprint density at radius 1 is 1.29 bits per heavy atom. The van der Waals surface area contributed by atoms with Crippen molar-refractivity contribution in [3.8, 4) is 10.6 Å². The predicted octanol–water partition coefficient (Wildman–Crippen LogP) is 4.47. The van der Waals surface area contributed by atoms with Crippen LogP contribution in [0.25, 0.3) is 21.5 Å². The Kier molecular flexibility index (Phi) is 3.88. The van der Waals surface area contributed by atoms with E-state index >= 15 is 0 Å². The maximum Gasteiger partial charge on any atom is 0.261 e. The summed E-state index contributed by atoms with van der Waals surface area (Å²) in [5.41, 5.74) is 1.92. The molecule has 0 bridgehead atoms. The van der Waals surface area contributed by atoms with Crippen molar-refractivity contribution in [3.05, 3.63) is 68.5 Å². The van der Waals surface area contributed by atoms with Crippen LogP contribution in [0.4, 0.5) is 0 Å². The molecule has 4 rings (SSSR count). The maximum atomic E-state index is 12.6. The SMILES string of the molecule is O=c1c2cc(Cl)cc(Cl)c2ncn1Cc1csc(-c2ccoc2)n1. The van der Waals surface area contributed by atoms with Crippen molar-refractivity contribution in [1.29, 1.82) is 0 Å². The zero-order chi connectivity index (χ0) is 16.7. The van der Waals surface area contributed by atoms with Crippen LogP contribution in [-0.2, 0) is 6.54 Å². The van der Waals surface area contributed by atoms with Gasteiger partial charge in [-0.15, -0.1) is 11.3 Å². The highest BCUT2D eigenvalue weighted by Gasteiger charge is 2.11. The molecule has 0 fully saturated rings. The lowest BCUT2D eigenvalue weighted by Crippen LogP contribution is -2.21. The van der Waals surface area contributed by atoms with Gasteiger partial charge in [0.25, 0.3) is 5.56 Å². The van der Waals surface area contributed by atoms with Crippen LogP contribution >= 0.6 is 34.5 Å². The van der Waals surface area contributed by atoms with Crippen LogP contribution in [0.1, 0.15) is 5.69 Å². The lowest BCUT2D eigenvalue weighted by Gasteiger charge is -2.06. The Balaban J connectivity index is 1.73. The van der Waals surface area contributed by atoms with Gasteiger partial charge in [0.05, 0.1) is 40.8 Å². The van der Waals surface area contributed by atoms with Gasteiger partial charge >= 0.3 is 0 Å². The number of nitrogens with zero attached hydrogens (tertiary/aromatic N) is 3. The quantitative estimate of drug-likeness (QED) is 0.528. The number of hydrogen-bond donors (Lipinski definition) is 0. The first-order valence-corrected chi connectivity index (χ1v) is 8.56. The van der Waals surface area contributed by atoms with Crippen molar-refractivity contribution in [2.24, 2.45) is 0 Å². The Hall–Kier alpha value is -2.15. The number of thiazole rings is 1. The molecule has 0 saturated heterocycles. The molecular formula is C16H9Cl2N3O2S. The standard InChI is InChI=1S/C16H9Cl2N3O2S/c17-10-3-12-14(13(18)4-10)19-8-21(16(12)22)5-11-7-24-15(20-11)9-1-2-23-6-9/h1-4,6-8H,5H2. The first-order chi connectivity index (χ1) is 11.6. The first-order valence-electron chi connectivity index (χ1n) is 6.93. The molecule has 24 heavy (non-hydrogen) atoms. The number of halogens is 2. The van der Waals surface area contributed by atoms with E-state index in [-0.39, 0.29) is 5.56 Å². The molecule has 8 heteroatoms. The van der Waals surface area contributed by atoms with E-state index in [0.717, 1.165) is 16.3 Å². The van der Waals surface area contributed by atoms with Crippen LogP contribution in [0.2, 0.25) is 10.0 Å². The third kappa shape index (κ3) is 2.73. The normalized spacial score (nSPS) is 11.2. The Bertz CT molecular complexity index is 1090. The van der Waals surface area contributed by atoms with Gasteiger partial charge in [-0.1, -0.05) is 23.2 Å². The average molecular weight is 378 g/mol. The van der Waals surface area contributed by atoms with Crippen LogP contribution in [0.5, 0.6) is 0 Å². The second-order valence-corrected chi connectivity index (χ2v) is 6.82. The van der Waals surface area contributed by atoms with Gasteiger partial charge in [0.1, 0.15) is 11.3 Å². The van der Waals surface area contributed by atoms with E-state index in [4.69, 9.17) is 27.6 Å². The smallest absolute Gasteiger partial charge is 0.261 e. The molecule has 3 heterocycles. The summed E-state index contributed by atoms with van der Waals surface area (Å²) >= 11 is 13.6. The number of furan rings is 1. The number of rotatable bonds is 3. The minimum atomic E-state index is -0.206. The molecule has 0 aliphatic rings. The summed E-state index contributed by atoms with van der Waals surface area (Å²) in [7, 11) is 0. The Labute approximate surface area is 150 Å². The Morgan fingerprint density at radius 3 is 2.96 bits per heavy atom. The lowest BCUT2D eigenvalue weighted by molar-refractivity contribution is 0.568. The summed E-state index contributed by atoms with van der Waals surface area (Å²) in [5, 5.41) is 3.90. The van der Waals surface area contributed by atoms with Crippen LogP contribution in [0.3, 0.4) is 0 Å². The van der Waals surface area contributed by atoms with Gasteiger partial charge in [0.15, 0.2) is 0 Å². The molecule has 3 aromatic heterocycles. The van der Waals surface area contributed by atoms with Gasteiger partial charge in [-0.2, -0.15) is 0 Å². The highest BCUT2D eigenvalue weighted by molar-refractivity contribution is 7.13. The molecule has 0 spiro atoms. The molecule has 0 aliphatic heterocycles. The molecule has 0 saturated carbocycles. The molecule has 0 N–H and O–H groups in total. The second-order valence-electron chi connectivity index (χ2n) is 5.12. The van der Waals surface area contributed by atoms with E-state index in [1.807, 2.05) is 11.4 Å². The number of fused-ring (bicyclic) bond motifs is 1. The zero-order valence-electron chi connectivity index (χ0n) is 12.1. The molecule has 4 aromatic rings. The molecular weight excluding hydrogens is 369 g/mol. The van der Waals surface area contributed by atoms with Crippen molar-refractivity contribution < 1.29 is 4.42 Å². The van der Waals surface area contributed by atoms with Crippen molar-refractivity contribution in [3.63, 3.8) is 0 Å². The lowest BCUT2D eigenvalue weighted by atomic mass is 10.2. The zero-order valence-corrected chi connectivity index (χ0v) is 14.4. The van der Waals surface area contributed by atoms with Crippen molar-refractivity contribution in [1.82, 2.24) is 14.5 Å². The number of aromatic nitrogens is 3. The molecule has 5 nitrogen and oxygen atoms in total. The summed E-state index contributed by atoms with van der Waals surface area (Å²) in [6.07, 6.45) is 4.71. The highest BCUT2D eigenvalue weighted by atomic mass is 35.5. The molecule has 0 radical (unpaired) electrons. The van der Waals surface area contributed by atoms with E-state index in [1.165, 1.54) is 22.2 Å². The molecule has 0 amide bonds. The molecule has 1 aromatic carbocycles. The monoisotopic (exact) mass is 377 g/mol. The largest absolute Gasteiger partial charge is 0.472 e. The minimum Gasteiger partial charge on any atom is -0.472 e. The van der Waals surface area contributed by atoms with E-state index < -0.39 is 0 Å². The summed E-state index contributed by atoms with van der Waals surface area (Å²) in [6.45, 7) is 0.320. The molecule has 120 valence electrons. The van der Waals surface area contributed by atoms with Gasteiger partial charge in [0, 0.05) is 16.0 Å². The second kappa shape index (κ2) is 6.05. The number of benzene rings is 1. The van der Waals surface area contributed by atoms with Gasteiger partial charge in [0.2, 0.25) is 0 Å². The van der Waals surface area contributed by atoms with Gasteiger partial charge < -0.3 is 4.42 Å². The average Bonchev–Trinajstić information content (AvgIpc) is 3.21. The van der Waals surface area contributed by atoms with Gasteiger partial charge in [-0.05, 0) is 18.2 Å². The van der Waals surface area contributed by atoms with E-state index in [1.54, 1.807) is 24.7 Å². The van der Waals surface area contributed by atoms with Crippen molar-refractivity contribution >= 4 is 45.4 Å². The van der Waals surface area contributed by atoms with E-state index in [0.29, 0.717) is 27.5 Å². The molecule has 0 unspecified atom stereocenters. The maximum absolute atomic E-state index is 12.6. The fourth-order valence-electron chi connectivity index (χ4n) is 2.38. The number of hydrogen-bond acceptors (Lipinski definition) is 5. The van der Waals surface area contributed by atoms with E-state index in [9.17, 15) is 4.79 Å². The van der Waals surface area contributed by atoms with Gasteiger partial charge in [-0.25, -0.2) is 9.97 Å². The fraction of sp³-hybridized carbons (Fsp3) is 0.0625. The highest BCUT2D eigenvalue weighted by Crippen LogP contribution is 2.25. The van der Waals surface area contributed by atoms with Crippen LogP contribution in [-0.4, -0.2) is 14.5 Å². The van der Waals surface area contributed by atoms with Crippen molar-refractivity contribution in [2.45, 2.75) is 6.54 Å². The Morgan fingerprint density at radius 2 is 2.17 bits per heavy atom. The third-order valence-corrected chi connectivity index (χ3v) is 4.94. The third-order valence-electron chi connectivity index (χ3n) is 3.50.